The average Bonchev–Trinajstić information content (AvgIpc) is 2.57. The van der Waals surface area contributed by atoms with Gasteiger partial charge in [0.05, 0.1) is 5.69 Å². The van der Waals surface area contributed by atoms with Crippen molar-refractivity contribution in [3.8, 4) is 0 Å². The van der Waals surface area contributed by atoms with E-state index in [1.807, 2.05) is 49.5 Å². The van der Waals surface area contributed by atoms with E-state index in [1.54, 1.807) is 12.4 Å². The van der Waals surface area contributed by atoms with Gasteiger partial charge in [0, 0.05) is 29.6 Å². The molecule has 0 spiro atoms. The minimum absolute atomic E-state index is 0.547. The monoisotopic (exact) mass is 369 g/mol. The lowest BCUT2D eigenvalue weighted by molar-refractivity contribution is 1.07. The first-order valence-electron chi connectivity index (χ1n) is 7.20. The Morgan fingerprint density at radius 3 is 2.83 bits per heavy atom. The summed E-state index contributed by atoms with van der Waals surface area (Å²) in [5.74, 6) is 1.31. The Balaban J connectivity index is 1.69. The fourth-order valence-corrected chi connectivity index (χ4v) is 2.65. The van der Waals surface area contributed by atoms with Gasteiger partial charge in [-0.05, 0) is 58.2 Å². The van der Waals surface area contributed by atoms with Crippen LogP contribution in [0.5, 0.6) is 0 Å². The van der Waals surface area contributed by atoms with Crippen LogP contribution in [-0.2, 0) is 6.54 Å². The van der Waals surface area contributed by atoms with E-state index in [0.717, 1.165) is 21.5 Å². The van der Waals surface area contributed by atoms with Crippen LogP contribution in [-0.4, -0.2) is 15.0 Å². The molecule has 0 amide bonds. The molecule has 2 heterocycles. The maximum atomic E-state index is 4.47. The molecule has 5 nitrogen and oxygen atoms in total. The van der Waals surface area contributed by atoms with Crippen molar-refractivity contribution in [3.05, 3.63) is 70.6 Å². The van der Waals surface area contributed by atoms with Gasteiger partial charge in [-0.1, -0.05) is 12.1 Å². The third-order valence-corrected chi connectivity index (χ3v) is 3.88. The van der Waals surface area contributed by atoms with E-state index < -0.39 is 0 Å². The largest absolute Gasteiger partial charge is 0.366 e. The van der Waals surface area contributed by atoms with Crippen LogP contribution in [0, 0.1) is 6.92 Å². The Kier molecular flexibility index (Phi) is 4.83. The number of hydrogen-bond donors (Lipinski definition) is 2. The molecule has 6 heteroatoms. The van der Waals surface area contributed by atoms with Gasteiger partial charge in [0.2, 0.25) is 5.95 Å². The fraction of sp³-hybridized carbons (Fsp3) is 0.118. The molecular formula is C17H16BrN5. The van der Waals surface area contributed by atoms with Crippen LogP contribution in [0.1, 0.15) is 11.1 Å². The number of rotatable bonds is 5. The van der Waals surface area contributed by atoms with Crippen molar-refractivity contribution < 1.29 is 0 Å². The van der Waals surface area contributed by atoms with Crippen LogP contribution in [0.15, 0.2) is 59.5 Å². The fourth-order valence-electron chi connectivity index (χ4n) is 2.05. The highest BCUT2D eigenvalue weighted by Gasteiger charge is 2.04. The summed E-state index contributed by atoms with van der Waals surface area (Å²) in [6, 6.07) is 11.9. The van der Waals surface area contributed by atoms with Crippen molar-refractivity contribution >= 4 is 33.4 Å². The van der Waals surface area contributed by atoms with Gasteiger partial charge >= 0.3 is 0 Å². The summed E-state index contributed by atoms with van der Waals surface area (Å²) in [5.41, 5.74) is 3.22. The highest BCUT2D eigenvalue weighted by Crippen LogP contribution is 2.25. The minimum Gasteiger partial charge on any atom is -0.366 e. The molecule has 0 aliphatic carbocycles. The molecule has 0 radical (unpaired) electrons. The van der Waals surface area contributed by atoms with Crippen molar-refractivity contribution in [3.63, 3.8) is 0 Å². The molecule has 0 unspecified atom stereocenters. The van der Waals surface area contributed by atoms with Gasteiger partial charge in [-0.25, -0.2) is 4.98 Å². The van der Waals surface area contributed by atoms with Crippen LogP contribution >= 0.6 is 15.9 Å². The number of nitrogens with one attached hydrogen (secondary N) is 2. The molecule has 3 rings (SSSR count). The summed E-state index contributed by atoms with van der Waals surface area (Å²) in [7, 11) is 0. The number of pyridine rings is 1. The average molecular weight is 370 g/mol. The zero-order valence-electron chi connectivity index (χ0n) is 12.6. The Morgan fingerprint density at radius 2 is 2.04 bits per heavy atom. The highest BCUT2D eigenvalue weighted by molar-refractivity contribution is 9.10. The molecule has 2 N–H and O–H groups in total. The molecule has 0 aliphatic heterocycles. The molecule has 0 aliphatic rings. The summed E-state index contributed by atoms with van der Waals surface area (Å²) in [4.78, 5) is 12.8. The molecule has 0 saturated carbocycles. The Bertz CT molecular complexity index is 792. The van der Waals surface area contributed by atoms with E-state index >= 15 is 0 Å². The quantitative estimate of drug-likeness (QED) is 0.701. The summed E-state index contributed by atoms with van der Waals surface area (Å²) < 4.78 is 0.981. The predicted molar refractivity (Wildman–Crippen MR) is 95.8 cm³/mol. The second-order valence-corrected chi connectivity index (χ2v) is 5.94. The van der Waals surface area contributed by atoms with Gasteiger partial charge in [-0.15, -0.1) is 0 Å². The summed E-state index contributed by atoms with van der Waals surface area (Å²) in [5, 5.41) is 6.48. The number of anilines is 3. The molecule has 23 heavy (non-hydrogen) atoms. The zero-order chi connectivity index (χ0) is 16.1. The number of benzene rings is 1. The molecule has 1 aromatic carbocycles. The van der Waals surface area contributed by atoms with E-state index in [1.165, 1.54) is 5.56 Å². The Hall–Kier alpha value is -2.47. The first-order chi connectivity index (χ1) is 11.2. The number of nitrogens with zero attached hydrogens (tertiary/aromatic N) is 3. The lowest BCUT2D eigenvalue weighted by Gasteiger charge is -2.10. The molecule has 0 saturated heterocycles. The first kappa shape index (κ1) is 15.4. The molecule has 0 bridgehead atoms. The standard InChI is InChI=1S/C17H16BrN5/c1-12-4-5-15(14(18)9-12)22-17-20-8-6-16(23-17)21-11-13-3-2-7-19-10-13/h2-10H,11H2,1H3,(H2,20,21,22,23). The Labute approximate surface area is 143 Å². The van der Waals surface area contributed by atoms with Gasteiger partial charge in [0.1, 0.15) is 5.82 Å². The van der Waals surface area contributed by atoms with Crippen LogP contribution < -0.4 is 10.6 Å². The third-order valence-electron chi connectivity index (χ3n) is 3.22. The summed E-state index contributed by atoms with van der Waals surface area (Å²) in [6.07, 6.45) is 5.31. The van der Waals surface area contributed by atoms with Crippen LogP contribution in [0.2, 0.25) is 0 Å². The van der Waals surface area contributed by atoms with Crippen LogP contribution in [0.25, 0.3) is 0 Å². The minimum atomic E-state index is 0.547. The third kappa shape index (κ3) is 4.26. The van der Waals surface area contributed by atoms with E-state index in [2.05, 4.69) is 41.5 Å². The number of halogens is 1. The second kappa shape index (κ2) is 7.19. The van der Waals surface area contributed by atoms with Gasteiger partial charge in [-0.2, -0.15) is 4.98 Å². The topological polar surface area (TPSA) is 62.7 Å². The molecule has 0 atom stereocenters. The van der Waals surface area contributed by atoms with Crippen molar-refractivity contribution in [2.75, 3.05) is 10.6 Å². The smallest absolute Gasteiger partial charge is 0.229 e. The van der Waals surface area contributed by atoms with E-state index in [9.17, 15) is 0 Å². The van der Waals surface area contributed by atoms with Crippen molar-refractivity contribution in [2.24, 2.45) is 0 Å². The van der Waals surface area contributed by atoms with Gasteiger partial charge < -0.3 is 10.6 Å². The number of aromatic nitrogens is 3. The second-order valence-electron chi connectivity index (χ2n) is 5.09. The van der Waals surface area contributed by atoms with Gasteiger partial charge in [0.25, 0.3) is 0 Å². The van der Waals surface area contributed by atoms with Crippen molar-refractivity contribution in [1.82, 2.24) is 15.0 Å². The zero-order valence-corrected chi connectivity index (χ0v) is 14.2. The highest BCUT2D eigenvalue weighted by atomic mass is 79.9. The summed E-state index contributed by atoms with van der Waals surface area (Å²) >= 11 is 3.54. The first-order valence-corrected chi connectivity index (χ1v) is 7.99. The van der Waals surface area contributed by atoms with E-state index in [4.69, 9.17) is 0 Å². The normalized spacial score (nSPS) is 10.3. The van der Waals surface area contributed by atoms with Crippen LogP contribution in [0.4, 0.5) is 17.5 Å². The molecule has 0 fully saturated rings. The molecule has 3 aromatic rings. The predicted octanol–water partition coefficient (Wildman–Crippen LogP) is 4.30. The molecule has 2 aromatic heterocycles. The maximum Gasteiger partial charge on any atom is 0.229 e. The molecular weight excluding hydrogens is 354 g/mol. The van der Waals surface area contributed by atoms with E-state index in [-0.39, 0.29) is 0 Å². The Morgan fingerprint density at radius 1 is 1.13 bits per heavy atom. The summed E-state index contributed by atoms with van der Waals surface area (Å²) in [6.45, 7) is 2.71. The lowest BCUT2D eigenvalue weighted by Crippen LogP contribution is -2.04. The maximum absolute atomic E-state index is 4.47. The van der Waals surface area contributed by atoms with Crippen molar-refractivity contribution in [1.29, 1.82) is 0 Å². The van der Waals surface area contributed by atoms with Crippen LogP contribution in [0.3, 0.4) is 0 Å². The van der Waals surface area contributed by atoms with Gasteiger partial charge in [0.15, 0.2) is 0 Å². The SMILES string of the molecule is Cc1ccc(Nc2nccc(NCc3cccnc3)n2)c(Br)c1. The lowest BCUT2D eigenvalue weighted by atomic mass is 10.2. The van der Waals surface area contributed by atoms with Gasteiger partial charge in [-0.3, -0.25) is 4.98 Å². The number of aryl methyl sites for hydroxylation is 1. The van der Waals surface area contributed by atoms with E-state index in [0.29, 0.717) is 12.5 Å². The molecule has 116 valence electrons. The number of hydrogen-bond acceptors (Lipinski definition) is 5. The van der Waals surface area contributed by atoms with Crippen molar-refractivity contribution in [2.45, 2.75) is 13.5 Å².